The van der Waals surface area contributed by atoms with Crippen molar-refractivity contribution in [2.75, 3.05) is 6.61 Å². The lowest BCUT2D eigenvalue weighted by atomic mass is 9.70. The number of alkyl halides is 1. The molecule has 0 saturated heterocycles. The van der Waals surface area contributed by atoms with Gasteiger partial charge < -0.3 is 9.84 Å². The molecule has 3 heteroatoms. The number of hydrogen-bond acceptors (Lipinski definition) is 2. The van der Waals surface area contributed by atoms with Crippen LogP contribution in [0.25, 0.3) is 0 Å². The number of aliphatic hydroxyl groups is 1. The summed E-state index contributed by atoms with van der Waals surface area (Å²) >= 11 is 0. The van der Waals surface area contributed by atoms with Gasteiger partial charge in [-0.2, -0.15) is 0 Å². The Balaban J connectivity index is 2.26. The molecule has 1 N–H and O–H groups in total. The van der Waals surface area contributed by atoms with Crippen LogP contribution in [0.1, 0.15) is 33.6 Å². The fourth-order valence-electron chi connectivity index (χ4n) is 1.74. The van der Waals surface area contributed by atoms with Gasteiger partial charge in [-0.15, -0.1) is 0 Å². The smallest absolute Gasteiger partial charge is 0.114 e. The van der Waals surface area contributed by atoms with Crippen LogP contribution in [0.5, 0.6) is 0 Å². The molecule has 0 atom stereocenters. The van der Waals surface area contributed by atoms with E-state index in [9.17, 15) is 9.50 Å². The van der Waals surface area contributed by atoms with Crippen LogP contribution in [-0.2, 0) is 4.74 Å². The summed E-state index contributed by atoms with van der Waals surface area (Å²) < 4.78 is 18.2. The highest BCUT2D eigenvalue weighted by Gasteiger charge is 2.51. The molecule has 1 saturated carbocycles. The van der Waals surface area contributed by atoms with E-state index in [1.807, 2.05) is 13.8 Å². The summed E-state index contributed by atoms with van der Waals surface area (Å²) in [4.78, 5) is 0. The van der Waals surface area contributed by atoms with Crippen molar-refractivity contribution in [3.05, 3.63) is 0 Å². The lowest BCUT2D eigenvalue weighted by Gasteiger charge is -2.46. The maximum atomic E-state index is 13.0. The maximum absolute atomic E-state index is 13.0. The molecule has 0 spiro atoms. The Morgan fingerprint density at radius 2 is 2.00 bits per heavy atom. The zero-order valence-electron chi connectivity index (χ0n) is 7.93. The minimum absolute atomic E-state index is 0.0977. The van der Waals surface area contributed by atoms with E-state index in [4.69, 9.17) is 4.74 Å². The van der Waals surface area contributed by atoms with E-state index in [1.165, 1.54) is 6.92 Å². The van der Waals surface area contributed by atoms with Crippen molar-refractivity contribution >= 4 is 0 Å². The second-order valence-electron chi connectivity index (χ2n) is 4.35. The first-order valence-electron chi connectivity index (χ1n) is 4.36. The van der Waals surface area contributed by atoms with Crippen molar-refractivity contribution in [3.8, 4) is 0 Å². The molecule has 12 heavy (non-hydrogen) atoms. The molecule has 1 aliphatic carbocycles. The van der Waals surface area contributed by atoms with Crippen molar-refractivity contribution in [1.29, 1.82) is 0 Å². The molecular weight excluding hydrogens is 159 g/mol. The Morgan fingerprint density at radius 1 is 1.50 bits per heavy atom. The van der Waals surface area contributed by atoms with Crippen LogP contribution in [0, 0.1) is 0 Å². The number of ether oxygens (including phenoxy) is 1. The van der Waals surface area contributed by atoms with Gasteiger partial charge in [-0.05, 0) is 20.8 Å². The van der Waals surface area contributed by atoms with Gasteiger partial charge >= 0.3 is 0 Å². The Labute approximate surface area is 72.7 Å². The van der Waals surface area contributed by atoms with Gasteiger partial charge in [0.25, 0.3) is 0 Å². The highest BCUT2D eigenvalue weighted by atomic mass is 19.1. The number of halogens is 1. The average molecular weight is 176 g/mol. The van der Waals surface area contributed by atoms with Gasteiger partial charge in [0.1, 0.15) is 5.67 Å². The lowest BCUT2D eigenvalue weighted by Crippen LogP contribution is -2.55. The van der Waals surface area contributed by atoms with Crippen LogP contribution >= 0.6 is 0 Å². The minimum Gasteiger partial charge on any atom is -0.387 e. The largest absolute Gasteiger partial charge is 0.387 e. The fraction of sp³-hybridized carbons (Fsp3) is 1.00. The highest BCUT2D eigenvalue weighted by Crippen LogP contribution is 2.44. The molecule has 0 bridgehead atoms. The normalized spacial score (nSPS) is 41.5. The third kappa shape index (κ3) is 2.42. The third-order valence-electron chi connectivity index (χ3n) is 2.08. The van der Waals surface area contributed by atoms with Crippen molar-refractivity contribution in [2.24, 2.45) is 0 Å². The molecule has 72 valence electrons. The maximum Gasteiger partial charge on any atom is 0.114 e. The van der Waals surface area contributed by atoms with Crippen LogP contribution in [0.4, 0.5) is 4.39 Å². The van der Waals surface area contributed by atoms with Gasteiger partial charge in [-0.1, -0.05) is 0 Å². The zero-order chi connectivity index (χ0) is 9.41. The number of rotatable bonds is 3. The predicted octanol–water partition coefficient (Wildman–Crippen LogP) is 1.66. The average Bonchev–Trinajstić information content (AvgIpc) is 1.79. The molecule has 1 rings (SSSR count). The summed E-state index contributed by atoms with van der Waals surface area (Å²) in [6.07, 6.45) is 0.500. The summed E-state index contributed by atoms with van der Waals surface area (Å²) in [5.74, 6) is 0. The number of hydrogen-bond donors (Lipinski definition) is 1. The quantitative estimate of drug-likeness (QED) is 0.708. The van der Waals surface area contributed by atoms with Crippen LogP contribution in [0.15, 0.2) is 0 Å². The van der Waals surface area contributed by atoms with Crippen LogP contribution in [0.2, 0.25) is 0 Å². The second-order valence-corrected chi connectivity index (χ2v) is 4.35. The summed E-state index contributed by atoms with van der Waals surface area (Å²) in [7, 11) is 0. The molecule has 0 radical (unpaired) electrons. The van der Waals surface area contributed by atoms with Gasteiger partial charge in [-0.3, -0.25) is 0 Å². The molecule has 0 aromatic heterocycles. The molecule has 0 unspecified atom stereocenters. The molecule has 0 aromatic carbocycles. The van der Waals surface area contributed by atoms with Gasteiger partial charge in [0.2, 0.25) is 0 Å². The van der Waals surface area contributed by atoms with E-state index in [2.05, 4.69) is 0 Å². The van der Waals surface area contributed by atoms with Crippen molar-refractivity contribution in [3.63, 3.8) is 0 Å². The monoisotopic (exact) mass is 176 g/mol. The Morgan fingerprint density at radius 3 is 2.33 bits per heavy atom. The third-order valence-corrected chi connectivity index (χ3v) is 2.08. The standard InChI is InChI=1S/C9H17FO2/c1-7(2)12-6-9(11)4-8(3,10)5-9/h7,11H,4-6H2,1-3H3. The van der Waals surface area contributed by atoms with E-state index >= 15 is 0 Å². The Bertz CT molecular complexity index is 158. The fourth-order valence-corrected chi connectivity index (χ4v) is 1.74. The van der Waals surface area contributed by atoms with E-state index < -0.39 is 11.3 Å². The van der Waals surface area contributed by atoms with Crippen LogP contribution in [0.3, 0.4) is 0 Å². The Kier molecular flexibility index (Phi) is 2.45. The topological polar surface area (TPSA) is 29.5 Å². The summed E-state index contributed by atoms with van der Waals surface area (Å²) in [6.45, 7) is 5.56. The highest BCUT2D eigenvalue weighted by molar-refractivity contribution is 5.03. The minimum atomic E-state index is -1.19. The summed E-state index contributed by atoms with van der Waals surface area (Å²) in [5.41, 5.74) is -2.09. The lowest BCUT2D eigenvalue weighted by molar-refractivity contribution is -0.172. The first-order chi connectivity index (χ1) is 5.33. The van der Waals surface area contributed by atoms with Crippen molar-refractivity contribution in [1.82, 2.24) is 0 Å². The molecule has 0 amide bonds. The van der Waals surface area contributed by atoms with Crippen molar-refractivity contribution < 1.29 is 14.2 Å². The predicted molar refractivity (Wildman–Crippen MR) is 44.8 cm³/mol. The van der Waals surface area contributed by atoms with E-state index in [-0.39, 0.29) is 25.6 Å². The summed E-state index contributed by atoms with van der Waals surface area (Å²) in [5, 5.41) is 9.63. The Hall–Kier alpha value is -0.150. The molecule has 1 fully saturated rings. The van der Waals surface area contributed by atoms with E-state index in [0.717, 1.165) is 0 Å². The molecule has 0 aromatic rings. The molecule has 2 nitrogen and oxygen atoms in total. The molecule has 0 aliphatic heterocycles. The van der Waals surface area contributed by atoms with Gasteiger partial charge in [0, 0.05) is 12.8 Å². The van der Waals surface area contributed by atoms with Gasteiger partial charge in [0.15, 0.2) is 0 Å². The summed E-state index contributed by atoms with van der Waals surface area (Å²) in [6, 6.07) is 0. The first kappa shape index (κ1) is 9.93. The van der Waals surface area contributed by atoms with Gasteiger partial charge in [-0.25, -0.2) is 4.39 Å². The first-order valence-corrected chi connectivity index (χ1v) is 4.36. The van der Waals surface area contributed by atoms with Crippen LogP contribution in [-0.4, -0.2) is 29.1 Å². The zero-order valence-corrected chi connectivity index (χ0v) is 7.93. The van der Waals surface area contributed by atoms with E-state index in [1.54, 1.807) is 0 Å². The second kappa shape index (κ2) is 2.96. The molecule has 1 aliphatic rings. The molecular formula is C9H17FO2. The molecule has 0 heterocycles. The van der Waals surface area contributed by atoms with Gasteiger partial charge in [0.05, 0.1) is 18.3 Å². The van der Waals surface area contributed by atoms with Crippen molar-refractivity contribution in [2.45, 2.75) is 51.0 Å². The van der Waals surface area contributed by atoms with E-state index in [0.29, 0.717) is 0 Å². The SMILES string of the molecule is CC(C)OCC1(O)CC(C)(F)C1. The van der Waals surface area contributed by atoms with Crippen LogP contribution < -0.4 is 0 Å².